The molecule has 0 aliphatic carbocycles. The first-order valence-corrected chi connectivity index (χ1v) is 7.26. The summed E-state index contributed by atoms with van der Waals surface area (Å²) in [4.78, 5) is 12.7. The first-order valence-electron chi connectivity index (χ1n) is 6.09. The molecule has 1 aliphatic rings. The van der Waals surface area contributed by atoms with Gasteiger partial charge in [0.15, 0.2) is 0 Å². The number of ether oxygens (including phenoxy) is 1. The van der Waals surface area contributed by atoms with E-state index in [2.05, 4.69) is 5.32 Å². The van der Waals surface area contributed by atoms with Crippen molar-refractivity contribution in [3.8, 4) is 0 Å². The predicted octanol–water partition coefficient (Wildman–Crippen LogP) is 3.01. The van der Waals surface area contributed by atoms with E-state index in [0.29, 0.717) is 41.8 Å². The fourth-order valence-electron chi connectivity index (χ4n) is 2.18. The van der Waals surface area contributed by atoms with Gasteiger partial charge in [0.2, 0.25) is 5.91 Å². The van der Waals surface area contributed by atoms with Crippen molar-refractivity contribution in [2.45, 2.75) is 12.8 Å². The first kappa shape index (κ1) is 15.5. The molecule has 1 aromatic carbocycles. The molecule has 0 atom stereocenters. The maximum absolute atomic E-state index is 12.5. The fourth-order valence-corrected chi connectivity index (χ4v) is 3.00. The zero-order valence-corrected chi connectivity index (χ0v) is 12.9. The van der Waals surface area contributed by atoms with Crippen LogP contribution in [0.1, 0.15) is 12.8 Å². The smallest absolute Gasteiger partial charge is 0.237 e. The van der Waals surface area contributed by atoms with E-state index in [0.717, 1.165) is 0 Å². The summed E-state index contributed by atoms with van der Waals surface area (Å²) in [5.74, 6) is -0.244. The lowest BCUT2D eigenvalue weighted by Gasteiger charge is -2.34. The minimum atomic E-state index is -0.873. The molecule has 0 radical (unpaired) electrons. The van der Waals surface area contributed by atoms with Gasteiger partial charge in [0, 0.05) is 28.9 Å². The van der Waals surface area contributed by atoms with Gasteiger partial charge < -0.3 is 15.8 Å². The molecule has 0 unspecified atom stereocenters. The minimum absolute atomic E-state index is 0.187. The molecule has 0 aromatic heterocycles. The molecule has 1 amide bonds. The summed E-state index contributed by atoms with van der Waals surface area (Å²) in [6.45, 7) is 0.919. The lowest BCUT2D eigenvalue weighted by Crippen LogP contribution is -2.49. The van der Waals surface area contributed by atoms with Gasteiger partial charge in [0.1, 0.15) is 5.41 Å². The number of nitrogens with two attached hydrogens (primary N) is 1. The Morgan fingerprint density at radius 2 is 1.80 bits per heavy atom. The van der Waals surface area contributed by atoms with Gasteiger partial charge >= 0.3 is 0 Å². The molecule has 1 heterocycles. The lowest BCUT2D eigenvalue weighted by molar-refractivity contribution is -0.126. The number of thiocarbonyl (C=S) groups is 1. The minimum Gasteiger partial charge on any atom is -0.392 e. The molecule has 108 valence electrons. The van der Waals surface area contributed by atoms with Gasteiger partial charge in [0.05, 0.1) is 4.99 Å². The second-order valence-corrected chi connectivity index (χ2v) is 5.98. The number of rotatable bonds is 3. The van der Waals surface area contributed by atoms with E-state index in [-0.39, 0.29) is 10.9 Å². The Bertz CT molecular complexity index is 525. The van der Waals surface area contributed by atoms with E-state index in [1.54, 1.807) is 18.2 Å². The third-order valence-corrected chi connectivity index (χ3v) is 4.20. The van der Waals surface area contributed by atoms with Crippen molar-refractivity contribution >= 4 is 52.0 Å². The number of carbonyl (C=O) groups excluding carboxylic acids is 1. The summed E-state index contributed by atoms with van der Waals surface area (Å²) in [5.41, 5.74) is 5.43. The van der Waals surface area contributed by atoms with Gasteiger partial charge in [-0.2, -0.15) is 0 Å². The molecular formula is C13H14Cl2N2O2S. The van der Waals surface area contributed by atoms with Crippen LogP contribution in [0.5, 0.6) is 0 Å². The Balaban J connectivity index is 2.22. The maximum Gasteiger partial charge on any atom is 0.237 e. The van der Waals surface area contributed by atoms with Crippen molar-refractivity contribution in [3.63, 3.8) is 0 Å². The zero-order chi connectivity index (χ0) is 14.8. The van der Waals surface area contributed by atoms with Crippen LogP contribution in [-0.2, 0) is 9.53 Å². The van der Waals surface area contributed by atoms with E-state index in [4.69, 9.17) is 45.9 Å². The normalized spacial score (nSPS) is 17.5. The van der Waals surface area contributed by atoms with Crippen molar-refractivity contribution in [3.05, 3.63) is 28.2 Å². The van der Waals surface area contributed by atoms with Crippen LogP contribution in [0.25, 0.3) is 0 Å². The van der Waals surface area contributed by atoms with Crippen LogP contribution >= 0.6 is 35.4 Å². The molecule has 4 nitrogen and oxygen atoms in total. The number of nitrogens with one attached hydrogen (secondary N) is 1. The second kappa shape index (κ2) is 6.26. The summed E-state index contributed by atoms with van der Waals surface area (Å²) in [7, 11) is 0. The molecule has 1 aliphatic heterocycles. The van der Waals surface area contributed by atoms with Crippen LogP contribution < -0.4 is 11.1 Å². The average molecular weight is 333 g/mol. The highest BCUT2D eigenvalue weighted by Gasteiger charge is 2.43. The summed E-state index contributed by atoms with van der Waals surface area (Å²) in [6.07, 6.45) is 0.949. The van der Waals surface area contributed by atoms with Crippen molar-refractivity contribution in [1.29, 1.82) is 0 Å². The second-order valence-electron chi connectivity index (χ2n) is 4.67. The number of halogens is 2. The Hall–Kier alpha value is -0.880. The number of carbonyl (C=O) groups is 1. The Kier molecular flexibility index (Phi) is 4.86. The molecule has 0 bridgehead atoms. The van der Waals surface area contributed by atoms with Gasteiger partial charge in [0.25, 0.3) is 0 Å². The molecule has 0 spiro atoms. The summed E-state index contributed by atoms with van der Waals surface area (Å²) < 4.78 is 5.28. The average Bonchev–Trinajstić information content (AvgIpc) is 2.38. The Morgan fingerprint density at radius 1 is 1.25 bits per heavy atom. The predicted molar refractivity (Wildman–Crippen MR) is 84.4 cm³/mol. The summed E-state index contributed by atoms with van der Waals surface area (Å²) in [5, 5.41) is 3.68. The molecule has 1 saturated heterocycles. The van der Waals surface area contributed by atoms with Crippen molar-refractivity contribution in [2.24, 2.45) is 11.1 Å². The largest absolute Gasteiger partial charge is 0.392 e. The quantitative estimate of drug-likeness (QED) is 0.835. The molecule has 1 fully saturated rings. The van der Waals surface area contributed by atoms with Crippen molar-refractivity contribution in [2.75, 3.05) is 18.5 Å². The van der Waals surface area contributed by atoms with E-state index in [1.807, 2.05) is 0 Å². The van der Waals surface area contributed by atoms with E-state index in [1.165, 1.54) is 0 Å². The van der Waals surface area contributed by atoms with Crippen LogP contribution in [0.3, 0.4) is 0 Å². The summed E-state index contributed by atoms with van der Waals surface area (Å²) in [6, 6.07) is 4.84. The van der Waals surface area contributed by atoms with Gasteiger partial charge in [-0.05, 0) is 31.0 Å². The molecule has 1 aromatic rings. The van der Waals surface area contributed by atoms with Gasteiger partial charge in [-0.25, -0.2) is 0 Å². The summed E-state index contributed by atoms with van der Waals surface area (Å²) >= 11 is 16.9. The van der Waals surface area contributed by atoms with Crippen molar-refractivity contribution in [1.82, 2.24) is 0 Å². The van der Waals surface area contributed by atoms with E-state index in [9.17, 15) is 4.79 Å². The van der Waals surface area contributed by atoms with Gasteiger partial charge in [-0.1, -0.05) is 35.4 Å². The molecule has 2 rings (SSSR count). The lowest BCUT2D eigenvalue weighted by atomic mass is 9.79. The van der Waals surface area contributed by atoms with Gasteiger partial charge in [-0.15, -0.1) is 0 Å². The number of hydrogen-bond donors (Lipinski definition) is 2. The SMILES string of the molecule is NC(=S)C1(C(=O)Nc2cc(Cl)cc(Cl)c2)CCOCC1. The van der Waals surface area contributed by atoms with Crippen LogP contribution in [0.15, 0.2) is 18.2 Å². The van der Waals surface area contributed by atoms with E-state index < -0.39 is 5.41 Å². The van der Waals surface area contributed by atoms with E-state index >= 15 is 0 Å². The fraction of sp³-hybridized carbons (Fsp3) is 0.385. The van der Waals surface area contributed by atoms with Crippen LogP contribution in [0.4, 0.5) is 5.69 Å². The molecule has 0 saturated carbocycles. The molecule has 20 heavy (non-hydrogen) atoms. The van der Waals surface area contributed by atoms with Crippen LogP contribution in [-0.4, -0.2) is 24.1 Å². The monoisotopic (exact) mass is 332 g/mol. The topological polar surface area (TPSA) is 64.4 Å². The number of benzene rings is 1. The highest BCUT2D eigenvalue weighted by atomic mass is 35.5. The Morgan fingerprint density at radius 3 is 2.30 bits per heavy atom. The van der Waals surface area contributed by atoms with Crippen LogP contribution in [0.2, 0.25) is 10.0 Å². The number of amides is 1. The van der Waals surface area contributed by atoms with Gasteiger partial charge in [-0.3, -0.25) is 4.79 Å². The Labute approximate surface area is 132 Å². The number of anilines is 1. The zero-order valence-electron chi connectivity index (χ0n) is 10.6. The standard InChI is InChI=1S/C13H14Cl2N2O2S/c14-8-5-9(15)7-10(6-8)17-12(18)13(11(16)20)1-3-19-4-2-13/h5-7H,1-4H2,(H2,16,20)(H,17,18). The highest BCUT2D eigenvalue weighted by molar-refractivity contribution is 7.80. The molecule has 3 N–H and O–H groups in total. The highest BCUT2D eigenvalue weighted by Crippen LogP contribution is 2.33. The number of hydrogen-bond acceptors (Lipinski definition) is 3. The maximum atomic E-state index is 12.5. The third-order valence-electron chi connectivity index (χ3n) is 3.37. The first-order chi connectivity index (χ1) is 9.44. The molecular weight excluding hydrogens is 319 g/mol. The third kappa shape index (κ3) is 3.23. The van der Waals surface area contributed by atoms with Crippen molar-refractivity contribution < 1.29 is 9.53 Å². The van der Waals surface area contributed by atoms with Crippen LogP contribution in [0, 0.1) is 5.41 Å². The molecule has 7 heteroatoms.